The third kappa shape index (κ3) is 3.42. The molecular weight excluding hydrogens is 236 g/mol. The predicted molar refractivity (Wildman–Crippen MR) is 77.7 cm³/mol. The van der Waals surface area contributed by atoms with Crippen LogP contribution in [0.1, 0.15) is 12.5 Å². The number of rotatable bonds is 4. The summed E-state index contributed by atoms with van der Waals surface area (Å²) in [7, 11) is 0. The molecule has 0 fully saturated rings. The molecule has 1 amide bonds. The minimum absolute atomic E-state index is 0.0740. The Morgan fingerprint density at radius 2 is 1.58 bits per heavy atom. The lowest BCUT2D eigenvalue weighted by molar-refractivity contribution is -0.119. The predicted octanol–water partition coefficient (Wildman–Crippen LogP) is 2.57. The SMILES string of the molecule is C[C@@H](N)C(=O)N(Cc1ccccc1)c1ccccc1. The molecule has 0 radical (unpaired) electrons. The van der Waals surface area contributed by atoms with Gasteiger partial charge in [-0.2, -0.15) is 0 Å². The van der Waals surface area contributed by atoms with Gasteiger partial charge in [-0.15, -0.1) is 0 Å². The smallest absolute Gasteiger partial charge is 0.243 e. The quantitative estimate of drug-likeness (QED) is 0.911. The lowest BCUT2D eigenvalue weighted by atomic mass is 10.1. The van der Waals surface area contributed by atoms with Crippen LogP contribution >= 0.6 is 0 Å². The molecule has 2 aromatic carbocycles. The summed E-state index contributed by atoms with van der Waals surface area (Å²) in [4.78, 5) is 14.0. The van der Waals surface area contributed by atoms with E-state index in [0.717, 1.165) is 11.3 Å². The Hall–Kier alpha value is -2.13. The molecule has 2 rings (SSSR count). The number of nitrogens with two attached hydrogens (primary N) is 1. The molecule has 1 atom stereocenters. The van der Waals surface area contributed by atoms with Gasteiger partial charge in [0.2, 0.25) is 5.91 Å². The fourth-order valence-corrected chi connectivity index (χ4v) is 1.92. The minimum atomic E-state index is -0.510. The summed E-state index contributed by atoms with van der Waals surface area (Å²) in [6.07, 6.45) is 0. The lowest BCUT2D eigenvalue weighted by Gasteiger charge is -2.24. The number of carbonyl (C=O) groups excluding carboxylic acids is 1. The zero-order valence-corrected chi connectivity index (χ0v) is 11.0. The van der Waals surface area contributed by atoms with Crippen LogP contribution in [0.3, 0.4) is 0 Å². The molecule has 3 heteroatoms. The fraction of sp³-hybridized carbons (Fsp3) is 0.188. The second-order valence-corrected chi connectivity index (χ2v) is 4.53. The van der Waals surface area contributed by atoms with Crippen molar-refractivity contribution in [2.75, 3.05) is 4.90 Å². The molecule has 0 bridgehead atoms. The molecule has 0 aliphatic carbocycles. The molecule has 0 saturated carbocycles. The monoisotopic (exact) mass is 254 g/mol. The van der Waals surface area contributed by atoms with Gasteiger partial charge in [-0.1, -0.05) is 48.5 Å². The van der Waals surface area contributed by atoms with Crippen LogP contribution in [0.25, 0.3) is 0 Å². The van der Waals surface area contributed by atoms with Gasteiger partial charge in [-0.25, -0.2) is 0 Å². The van der Waals surface area contributed by atoms with Crippen LogP contribution in [0.15, 0.2) is 60.7 Å². The maximum absolute atomic E-state index is 12.2. The summed E-state index contributed by atoms with van der Waals surface area (Å²) in [6.45, 7) is 2.24. The van der Waals surface area contributed by atoms with Crippen LogP contribution in [0, 0.1) is 0 Å². The number of carbonyl (C=O) groups is 1. The molecule has 0 aliphatic heterocycles. The maximum atomic E-state index is 12.2. The molecule has 0 heterocycles. The van der Waals surface area contributed by atoms with E-state index >= 15 is 0 Å². The summed E-state index contributed by atoms with van der Waals surface area (Å²) in [5, 5.41) is 0. The average molecular weight is 254 g/mol. The zero-order valence-electron chi connectivity index (χ0n) is 11.0. The van der Waals surface area contributed by atoms with Crippen molar-refractivity contribution in [1.29, 1.82) is 0 Å². The summed E-state index contributed by atoms with van der Waals surface area (Å²) < 4.78 is 0. The highest BCUT2D eigenvalue weighted by atomic mass is 16.2. The van der Waals surface area contributed by atoms with E-state index in [1.165, 1.54) is 0 Å². The molecule has 98 valence electrons. The fourth-order valence-electron chi connectivity index (χ4n) is 1.92. The van der Waals surface area contributed by atoms with E-state index in [0.29, 0.717) is 6.54 Å². The second-order valence-electron chi connectivity index (χ2n) is 4.53. The highest BCUT2D eigenvalue weighted by Crippen LogP contribution is 2.17. The van der Waals surface area contributed by atoms with Crippen molar-refractivity contribution < 1.29 is 4.79 Å². The molecule has 2 N–H and O–H groups in total. The number of nitrogens with zero attached hydrogens (tertiary/aromatic N) is 1. The molecule has 19 heavy (non-hydrogen) atoms. The van der Waals surface area contributed by atoms with Crippen LogP contribution in [0.2, 0.25) is 0 Å². The van der Waals surface area contributed by atoms with E-state index in [4.69, 9.17) is 5.73 Å². The van der Waals surface area contributed by atoms with Crippen molar-refractivity contribution in [3.05, 3.63) is 66.2 Å². The highest BCUT2D eigenvalue weighted by Gasteiger charge is 2.19. The first kappa shape index (κ1) is 13.3. The van der Waals surface area contributed by atoms with E-state index < -0.39 is 6.04 Å². The van der Waals surface area contributed by atoms with Crippen molar-refractivity contribution in [2.24, 2.45) is 5.73 Å². The molecule has 0 aromatic heterocycles. The van der Waals surface area contributed by atoms with E-state index in [9.17, 15) is 4.79 Å². The zero-order chi connectivity index (χ0) is 13.7. The van der Waals surface area contributed by atoms with Crippen LogP contribution in [0.4, 0.5) is 5.69 Å². The Labute approximate surface area is 113 Å². The summed E-state index contributed by atoms with van der Waals surface area (Å²) in [5.41, 5.74) is 7.69. The van der Waals surface area contributed by atoms with E-state index in [-0.39, 0.29) is 5.91 Å². The first-order valence-electron chi connectivity index (χ1n) is 6.34. The number of hydrogen-bond acceptors (Lipinski definition) is 2. The van der Waals surface area contributed by atoms with Gasteiger partial charge in [0.1, 0.15) is 0 Å². The van der Waals surface area contributed by atoms with Gasteiger partial charge in [-0.05, 0) is 24.6 Å². The van der Waals surface area contributed by atoms with Crippen LogP contribution < -0.4 is 10.6 Å². The Bertz CT molecular complexity index is 523. The van der Waals surface area contributed by atoms with Gasteiger partial charge in [-0.3, -0.25) is 4.79 Å². The first-order valence-corrected chi connectivity index (χ1v) is 6.34. The Balaban J connectivity index is 2.28. The third-order valence-electron chi connectivity index (χ3n) is 2.91. The number of para-hydroxylation sites is 1. The Morgan fingerprint density at radius 1 is 1.05 bits per heavy atom. The third-order valence-corrected chi connectivity index (χ3v) is 2.91. The summed E-state index contributed by atoms with van der Waals surface area (Å²) in [6, 6.07) is 19.0. The van der Waals surface area contributed by atoms with Gasteiger partial charge in [0.05, 0.1) is 12.6 Å². The Morgan fingerprint density at radius 3 is 2.11 bits per heavy atom. The molecule has 0 unspecified atom stereocenters. The van der Waals surface area contributed by atoms with Gasteiger partial charge in [0, 0.05) is 5.69 Å². The van der Waals surface area contributed by atoms with E-state index in [1.54, 1.807) is 11.8 Å². The maximum Gasteiger partial charge on any atom is 0.243 e. The summed E-state index contributed by atoms with van der Waals surface area (Å²) >= 11 is 0. The summed E-state index contributed by atoms with van der Waals surface area (Å²) in [5.74, 6) is -0.0740. The van der Waals surface area contributed by atoms with Crippen molar-refractivity contribution in [2.45, 2.75) is 19.5 Å². The largest absolute Gasteiger partial charge is 0.320 e. The number of hydrogen-bond donors (Lipinski definition) is 1. The van der Waals surface area contributed by atoms with Crippen molar-refractivity contribution in [3.63, 3.8) is 0 Å². The van der Waals surface area contributed by atoms with Gasteiger partial charge >= 0.3 is 0 Å². The van der Waals surface area contributed by atoms with Gasteiger partial charge in [0.25, 0.3) is 0 Å². The van der Waals surface area contributed by atoms with Crippen molar-refractivity contribution in [3.8, 4) is 0 Å². The van der Waals surface area contributed by atoms with E-state index in [1.807, 2.05) is 60.7 Å². The normalized spacial score (nSPS) is 11.9. The standard InChI is InChI=1S/C16H18N2O/c1-13(17)16(19)18(15-10-6-3-7-11-15)12-14-8-4-2-5-9-14/h2-11,13H,12,17H2,1H3/t13-/m1/s1. The number of amides is 1. The lowest BCUT2D eigenvalue weighted by Crippen LogP contribution is -2.41. The molecular formula is C16H18N2O. The minimum Gasteiger partial charge on any atom is -0.320 e. The van der Waals surface area contributed by atoms with Crippen LogP contribution in [-0.2, 0) is 11.3 Å². The molecule has 0 saturated heterocycles. The second kappa shape index (κ2) is 6.16. The number of benzene rings is 2. The molecule has 2 aromatic rings. The topological polar surface area (TPSA) is 46.3 Å². The van der Waals surface area contributed by atoms with Crippen molar-refractivity contribution in [1.82, 2.24) is 0 Å². The number of anilines is 1. The molecule has 3 nitrogen and oxygen atoms in total. The van der Waals surface area contributed by atoms with Gasteiger partial charge < -0.3 is 10.6 Å². The van der Waals surface area contributed by atoms with E-state index in [2.05, 4.69) is 0 Å². The average Bonchev–Trinajstić information content (AvgIpc) is 2.46. The highest BCUT2D eigenvalue weighted by molar-refractivity contribution is 5.96. The molecule has 0 spiro atoms. The van der Waals surface area contributed by atoms with Gasteiger partial charge in [0.15, 0.2) is 0 Å². The Kier molecular flexibility index (Phi) is 4.31. The van der Waals surface area contributed by atoms with Crippen molar-refractivity contribution >= 4 is 11.6 Å². The first-order chi connectivity index (χ1) is 9.18. The van der Waals surface area contributed by atoms with Crippen LogP contribution in [0.5, 0.6) is 0 Å². The van der Waals surface area contributed by atoms with Crippen LogP contribution in [-0.4, -0.2) is 11.9 Å². The molecule has 0 aliphatic rings.